The van der Waals surface area contributed by atoms with Crippen LogP contribution in [0.15, 0.2) is 48.5 Å². The molecule has 4 nitrogen and oxygen atoms in total. The van der Waals surface area contributed by atoms with Gasteiger partial charge in [0.05, 0.1) is 17.1 Å². The standard InChI is InChI=1S/C21H27N3O/c1-4-24-20-11-6-5-10-19(20)23-21(24)17(14-22)12-16-8-7-9-18(13-16)25-15(2)3/h5-11,13,15,17H,4,12,14,22H2,1-3H3. The van der Waals surface area contributed by atoms with Crippen LogP contribution in [-0.2, 0) is 13.0 Å². The molecule has 2 N–H and O–H groups in total. The molecule has 0 radical (unpaired) electrons. The molecule has 0 aliphatic rings. The summed E-state index contributed by atoms with van der Waals surface area (Å²) in [6.45, 7) is 7.70. The van der Waals surface area contributed by atoms with Crippen molar-refractivity contribution in [3.63, 3.8) is 0 Å². The smallest absolute Gasteiger partial charge is 0.119 e. The lowest BCUT2D eigenvalue weighted by Gasteiger charge is -2.17. The van der Waals surface area contributed by atoms with E-state index in [1.54, 1.807) is 0 Å². The van der Waals surface area contributed by atoms with Crippen LogP contribution < -0.4 is 10.5 Å². The molecule has 0 aliphatic carbocycles. The first-order valence-electron chi connectivity index (χ1n) is 9.03. The second-order valence-corrected chi connectivity index (χ2v) is 6.65. The van der Waals surface area contributed by atoms with Gasteiger partial charge in [-0.15, -0.1) is 0 Å². The summed E-state index contributed by atoms with van der Waals surface area (Å²) in [4.78, 5) is 4.87. The lowest BCUT2D eigenvalue weighted by Crippen LogP contribution is -2.19. The van der Waals surface area contributed by atoms with Gasteiger partial charge in [-0.1, -0.05) is 24.3 Å². The van der Waals surface area contributed by atoms with Gasteiger partial charge in [0.15, 0.2) is 0 Å². The van der Waals surface area contributed by atoms with Gasteiger partial charge in [-0.25, -0.2) is 4.98 Å². The van der Waals surface area contributed by atoms with Crippen LogP contribution in [0.25, 0.3) is 11.0 Å². The molecule has 3 rings (SSSR count). The summed E-state index contributed by atoms with van der Waals surface area (Å²) in [5.74, 6) is 2.16. The maximum Gasteiger partial charge on any atom is 0.119 e. The molecule has 0 amide bonds. The lowest BCUT2D eigenvalue weighted by molar-refractivity contribution is 0.242. The molecular formula is C21H27N3O. The largest absolute Gasteiger partial charge is 0.491 e. The van der Waals surface area contributed by atoms with Gasteiger partial charge < -0.3 is 15.0 Å². The molecule has 0 spiro atoms. The third kappa shape index (κ3) is 3.85. The van der Waals surface area contributed by atoms with Gasteiger partial charge in [-0.3, -0.25) is 0 Å². The summed E-state index contributed by atoms with van der Waals surface area (Å²) < 4.78 is 8.10. The highest BCUT2D eigenvalue weighted by Gasteiger charge is 2.19. The fourth-order valence-electron chi connectivity index (χ4n) is 3.32. The van der Waals surface area contributed by atoms with Gasteiger partial charge in [-0.2, -0.15) is 0 Å². The molecule has 0 bridgehead atoms. The van der Waals surface area contributed by atoms with Gasteiger partial charge in [0.2, 0.25) is 0 Å². The van der Waals surface area contributed by atoms with Crippen LogP contribution in [-0.4, -0.2) is 22.2 Å². The number of benzene rings is 2. The van der Waals surface area contributed by atoms with Gasteiger partial charge in [0, 0.05) is 19.0 Å². The third-order valence-corrected chi connectivity index (χ3v) is 4.40. The van der Waals surface area contributed by atoms with E-state index in [9.17, 15) is 0 Å². The Hall–Kier alpha value is -2.33. The van der Waals surface area contributed by atoms with Crippen LogP contribution in [0.4, 0.5) is 0 Å². The number of hydrogen-bond acceptors (Lipinski definition) is 3. The molecule has 25 heavy (non-hydrogen) atoms. The van der Waals surface area contributed by atoms with Crippen molar-refractivity contribution in [1.82, 2.24) is 9.55 Å². The highest BCUT2D eigenvalue weighted by Crippen LogP contribution is 2.26. The van der Waals surface area contributed by atoms with Crippen molar-refractivity contribution in [2.45, 2.75) is 45.8 Å². The zero-order valence-electron chi connectivity index (χ0n) is 15.3. The van der Waals surface area contributed by atoms with E-state index < -0.39 is 0 Å². The number of hydrogen-bond donors (Lipinski definition) is 1. The number of nitrogens with two attached hydrogens (primary N) is 1. The van der Waals surface area contributed by atoms with Crippen molar-refractivity contribution in [2.75, 3.05) is 6.54 Å². The number of rotatable bonds is 7. The number of nitrogens with zero attached hydrogens (tertiary/aromatic N) is 2. The average molecular weight is 337 g/mol. The van der Waals surface area contributed by atoms with E-state index in [0.29, 0.717) is 6.54 Å². The molecule has 0 saturated carbocycles. The minimum Gasteiger partial charge on any atom is -0.491 e. The Kier molecular flexibility index (Phi) is 5.39. The summed E-state index contributed by atoms with van der Waals surface area (Å²) in [6.07, 6.45) is 1.03. The fourth-order valence-corrected chi connectivity index (χ4v) is 3.32. The summed E-state index contributed by atoms with van der Waals surface area (Å²) in [6, 6.07) is 16.6. The Bertz CT molecular complexity index is 838. The quantitative estimate of drug-likeness (QED) is 0.705. The SMILES string of the molecule is CCn1c(C(CN)Cc2cccc(OC(C)C)c2)nc2ccccc21. The van der Waals surface area contributed by atoms with E-state index in [1.807, 2.05) is 32.0 Å². The number of ether oxygens (including phenoxy) is 1. The first-order chi connectivity index (χ1) is 12.1. The minimum atomic E-state index is 0.171. The Balaban J connectivity index is 1.91. The Morgan fingerprint density at radius 2 is 1.92 bits per heavy atom. The fraction of sp³-hybridized carbons (Fsp3) is 0.381. The summed E-state index contributed by atoms with van der Waals surface area (Å²) in [7, 11) is 0. The maximum absolute atomic E-state index is 6.13. The van der Waals surface area contributed by atoms with Crippen LogP contribution >= 0.6 is 0 Å². The number of imidazole rings is 1. The van der Waals surface area contributed by atoms with E-state index in [1.165, 1.54) is 11.1 Å². The third-order valence-electron chi connectivity index (χ3n) is 4.40. The van der Waals surface area contributed by atoms with E-state index >= 15 is 0 Å². The van der Waals surface area contributed by atoms with Crippen molar-refractivity contribution in [1.29, 1.82) is 0 Å². The van der Waals surface area contributed by atoms with E-state index in [-0.39, 0.29) is 12.0 Å². The lowest BCUT2D eigenvalue weighted by atomic mass is 9.98. The second kappa shape index (κ2) is 7.70. The predicted octanol–water partition coefficient (Wildman–Crippen LogP) is 4.13. The highest BCUT2D eigenvalue weighted by molar-refractivity contribution is 5.76. The Morgan fingerprint density at radius 3 is 2.64 bits per heavy atom. The van der Waals surface area contributed by atoms with Gasteiger partial charge in [0.1, 0.15) is 11.6 Å². The van der Waals surface area contributed by atoms with Crippen LogP contribution in [0.3, 0.4) is 0 Å². The summed E-state index contributed by atoms with van der Waals surface area (Å²) >= 11 is 0. The monoisotopic (exact) mass is 337 g/mol. The minimum absolute atomic E-state index is 0.171. The molecule has 0 fully saturated rings. The van der Waals surface area contributed by atoms with Crippen LogP contribution in [0.1, 0.15) is 38.1 Å². The van der Waals surface area contributed by atoms with Crippen molar-refractivity contribution in [3.8, 4) is 5.75 Å². The van der Waals surface area contributed by atoms with Crippen molar-refractivity contribution < 1.29 is 4.74 Å². The molecule has 2 aromatic carbocycles. The Labute approximate surface area is 149 Å². The Morgan fingerprint density at radius 1 is 1.12 bits per heavy atom. The van der Waals surface area contributed by atoms with E-state index in [4.69, 9.17) is 15.5 Å². The summed E-state index contributed by atoms with van der Waals surface area (Å²) in [5, 5.41) is 0. The molecule has 0 aliphatic heterocycles. The molecule has 3 aromatic rings. The first-order valence-corrected chi connectivity index (χ1v) is 9.03. The molecule has 1 atom stereocenters. The van der Waals surface area contributed by atoms with Crippen molar-refractivity contribution in [3.05, 3.63) is 59.9 Å². The normalized spacial score (nSPS) is 12.7. The van der Waals surface area contributed by atoms with E-state index in [2.05, 4.69) is 41.8 Å². The molecule has 132 valence electrons. The van der Waals surface area contributed by atoms with Gasteiger partial charge in [0.25, 0.3) is 0 Å². The topological polar surface area (TPSA) is 53.1 Å². The van der Waals surface area contributed by atoms with E-state index in [0.717, 1.165) is 30.1 Å². The molecule has 1 unspecified atom stereocenters. The molecule has 1 heterocycles. The zero-order valence-corrected chi connectivity index (χ0v) is 15.3. The van der Waals surface area contributed by atoms with Crippen LogP contribution in [0.2, 0.25) is 0 Å². The zero-order chi connectivity index (χ0) is 17.8. The molecular weight excluding hydrogens is 310 g/mol. The molecule has 0 saturated heterocycles. The molecule has 1 aromatic heterocycles. The predicted molar refractivity (Wildman–Crippen MR) is 103 cm³/mol. The average Bonchev–Trinajstić information content (AvgIpc) is 2.97. The van der Waals surface area contributed by atoms with Crippen molar-refractivity contribution in [2.24, 2.45) is 5.73 Å². The van der Waals surface area contributed by atoms with Crippen molar-refractivity contribution >= 4 is 11.0 Å². The highest BCUT2D eigenvalue weighted by atomic mass is 16.5. The molecule has 4 heteroatoms. The van der Waals surface area contributed by atoms with Gasteiger partial charge >= 0.3 is 0 Å². The van der Waals surface area contributed by atoms with Crippen LogP contribution in [0.5, 0.6) is 5.75 Å². The number of fused-ring (bicyclic) bond motifs is 1. The number of aryl methyl sites for hydroxylation is 1. The number of aromatic nitrogens is 2. The first kappa shape index (κ1) is 17.5. The van der Waals surface area contributed by atoms with Gasteiger partial charge in [-0.05, 0) is 57.0 Å². The second-order valence-electron chi connectivity index (χ2n) is 6.65. The number of para-hydroxylation sites is 2. The summed E-state index contributed by atoms with van der Waals surface area (Å²) in [5.41, 5.74) is 9.57. The maximum atomic E-state index is 6.13. The van der Waals surface area contributed by atoms with Crippen LogP contribution in [0, 0.1) is 0 Å².